The standard InChI is InChI=1S/C26H28BrFN4O3/c27-19-6-3-7-20(28)23(19)24(33)30-25-29-21-9-8-18(16-22(21)32(25)17-4-1-2-5-17)31-12-10-26(11-13-31)34-14-15-35-26/h3,6-9,16-17H,1-2,4-5,10-15H2,(H,29,30,33). The van der Waals surface area contributed by atoms with Crippen LogP contribution in [0.2, 0.25) is 0 Å². The fraction of sp³-hybridized carbons (Fsp3) is 0.462. The Hall–Kier alpha value is -2.49. The van der Waals surface area contributed by atoms with E-state index in [-0.39, 0.29) is 11.6 Å². The number of piperidine rings is 1. The van der Waals surface area contributed by atoms with Gasteiger partial charge in [-0.05, 0) is 59.1 Å². The number of halogens is 2. The van der Waals surface area contributed by atoms with Crippen molar-refractivity contribution in [3.8, 4) is 0 Å². The highest BCUT2D eigenvalue weighted by Crippen LogP contribution is 2.38. The molecule has 2 aliphatic heterocycles. The zero-order valence-electron chi connectivity index (χ0n) is 19.4. The molecule has 7 nitrogen and oxygen atoms in total. The normalized spacial score (nSPS) is 20.2. The number of carbonyl (C=O) groups excluding carboxylic acids is 1. The Bertz CT molecular complexity index is 1240. The van der Waals surface area contributed by atoms with Gasteiger partial charge >= 0.3 is 0 Å². The molecule has 3 aromatic rings. The summed E-state index contributed by atoms with van der Waals surface area (Å²) in [6.45, 7) is 3.05. The molecule has 1 aliphatic carbocycles. The number of fused-ring (bicyclic) bond motifs is 1. The summed E-state index contributed by atoms with van der Waals surface area (Å²) in [5, 5.41) is 2.90. The SMILES string of the molecule is O=C(Nc1nc2ccc(N3CCC4(CC3)OCCO4)cc2n1C1CCCC1)c1c(F)cccc1Br. The first-order chi connectivity index (χ1) is 17.0. The quantitative estimate of drug-likeness (QED) is 0.461. The Morgan fingerprint density at radius 3 is 2.57 bits per heavy atom. The molecule has 1 spiro atoms. The minimum Gasteiger partial charge on any atom is -0.371 e. The molecule has 1 saturated carbocycles. The average Bonchev–Trinajstić information content (AvgIpc) is 3.59. The first kappa shape index (κ1) is 22.9. The van der Waals surface area contributed by atoms with Crippen molar-refractivity contribution in [1.29, 1.82) is 0 Å². The lowest BCUT2D eigenvalue weighted by molar-refractivity contribution is -0.169. The van der Waals surface area contributed by atoms with Gasteiger partial charge in [0.2, 0.25) is 5.95 Å². The Morgan fingerprint density at radius 1 is 1.11 bits per heavy atom. The highest BCUT2D eigenvalue weighted by atomic mass is 79.9. The lowest BCUT2D eigenvalue weighted by Crippen LogP contribution is -2.45. The van der Waals surface area contributed by atoms with E-state index in [2.05, 4.69) is 42.8 Å². The number of amides is 1. The number of hydrogen-bond donors (Lipinski definition) is 1. The molecule has 35 heavy (non-hydrogen) atoms. The van der Waals surface area contributed by atoms with Crippen LogP contribution < -0.4 is 10.2 Å². The van der Waals surface area contributed by atoms with Crippen LogP contribution in [-0.4, -0.2) is 47.5 Å². The molecule has 3 aliphatic rings. The third-order valence-corrected chi connectivity index (χ3v) is 8.14. The predicted octanol–water partition coefficient (Wildman–Crippen LogP) is 5.65. The van der Waals surface area contributed by atoms with Gasteiger partial charge < -0.3 is 18.9 Å². The third-order valence-electron chi connectivity index (χ3n) is 7.48. The van der Waals surface area contributed by atoms with Crippen LogP contribution in [0.15, 0.2) is 40.9 Å². The summed E-state index contributed by atoms with van der Waals surface area (Å²) in [5.74, 6) is -1.03. The van der Waals surface area contributed by atoms with Crippen LogP contribution in [0.5, 0.6) is 0 Å². The van der Waals surface area contributed by atoms with Crippen molar-refractivity contribution in [3.05, 3.63) is 52.3 Å². The Morgan fingerprint density at radius 2 is 1.86 bits per heavy atom. The predicted molar refractivity (Wildman–Crippen MR) is 135 cm³/mol. The average molecular weight is 543 g/mol. The van der Waals surface area contributed by atoms with Crippen LogP contribution in [0.25, 0.3) is 11.0 Å². The Balaban J connectivity index is 1.33. The second kappa shape index (κ2) is 9.19. The summed E-state index contributed by atoms with van der Waals surface area (Å²) in [6.07, 6.45) is 6.03. The molecule has 3 heterocycles. The van der Waals surface area contributed by atoms with Crippen LogP contribution >= 0.6 is 15.9 Å². The van der Waals surface area contributed by atoms with E-state index in [9.17, 15) is 9.18 Å². The molecular weight excluding hydrogens is 515 g/mol. The van der Waals surface area contributed by atoms with E-state index in [0.717, 1.165) is 68.3 Å². The van der Waals surface area contributed by atoms with Gasteiger partial charge in [-0.3, -0.25) is 10.1 Å². The Kier molecular flexibility index (Phi) is 6.02. The van der Waals surface area contributed by atoms with E-state index in [1.54, 1.807) is 12.1 Å². The number of hydrogen-bond acceptors (Lipinski definition) is 5. The summed E-state index contributed by atoms with van der Waals surface area (Å²) in [4.78, 5) is 20.2. The highest BCUT2D eigenvalue weighted by molar-refractivity contribution is 9.10. The van der Waals surface area contributed by atoms with Gasteiger partial charge in [0.1, 0.15) is 5.82 Å². The van der Waals surface area contributed by atoms with Gasteiger partial charge in [0, 0.05) is 42.1 Å². The fourth-order valence-electron chi connectivity index (χ4n) is 5.67. The number of anilines is 2. The number of nitrogens with zero attached hydrogens (tertiary/aromatic N) is 3. The zero-order chi connectivity index (χ0) is 24.0. The van der Waals surface area contributed by atoms with Crippen LogP contribution in [0.1, 0.15) is 54.9 Å². The molecule has 2 aromatic carbocycles. The molecule has 3 fully saturated rings. The van der Waals surface area contributed by atoms with Gasteiger partial charge in [-0.1, -0.05) is 18.9 Å². The number of carbonyl (C=O) groups is 1. The van der Waals surface area contributed by atoms with Crippen LogP contribution in [-0.2, 0) is 9.47 Å². The number of rotatable bonds is 4. The van der Waals surface area contributed by atoms with Crippen molar-refractivity contribution in [2.75, 3.05) is 36.5 Å². The molecule has 0 atom stereocenters. The second-order valence-corrected chi connectivity index (χ2v) is 10.4. The minimum absolute atomic E-state index is 0.0168. The maximum absolute atomic E-state index is 14.4. The topological polar surface area (TPSA) is 68.6 Å². The van der Waals surface area contributed by atoms with Crippen molar-refractivity contribution >= 4 is 44.5 Å². The summed E-state index contributed by atoms with van der Waals surface area (Å²) in [6, 6.07) is 11.0. The molecule has 1 N–H and O–H groups in total. The highest BCUT2D eigenvalue weighted by Gasteiger charge is 2.40. The van der Waals surface area contributed by atoms with E-state index in [4.69, 9.17) is 14.5 Å². The van der Waals surface area contributed by atoms with E-state index in [1.807, 2.05) is 6.07 Å². The molecule has 184 valence electrons. The van der Waals surface area contributed by atoms with E-state index < -0.39 is 17.5 Å². The molecule has 0 bridgehead atoms. The summed E-state index contributed by atoms with van der Waals surface area (Å²) in [7, 11) is 0. The van der Waals surface area contributed by atoms with Crippen molar-refractivity contribution in [3.63, 3.8) is 0 Å². The van der Waals surface area contributed by atoms with E-state index in [0.29, 0.717) is 23.6 Å². The lowest BCUT2D eigenvalue weighted by Gasteiger charge is -2.38. The van der Waals surface area contributed by atoms with Gasteiger partial charge in [-0.15, -0.1) is 0 Å². The van der Waals surface area contributed by atoms with Crippen molar-refractivity contribution in [2.45, 2.75) is 50.4 Å². The maximum atomic E-state index is 14.4. The van der Waals surface area contributed by atoms with Gasteiger partial charge in [-0.25, -0.2) is 9.37 Å². The molecule has 0 radical (unpaired) electrons. The number of aromatic nitrogens is 2. The fourth-order valence-corrected chi connectivity index (χ4v) is 6.19. The van der Waals surface area contributed by atoms with Crippen molar-refractivity contribution < 1.29 is 18.7 Å². The molecule has 9 heteroatoms. The number of nitrogens with one attached hydrogen (secondary N) is 1. The number of ether oxygens (including phenoxy) is 2. The second-order valence-electron chi connectivity index (χ2n) is 9.56. The minimum atomic E-state index is -0.569. The first-order valence-electron chi connectivity index (χ1n) is 12.3. The van der Waals surface area contributed by atoms with Gasteiger partial charge in [0.25, 0.3) is 5.91 Å². The lowest BCUT2D eigenvalue weighted by atomic mass is 10.0. The third kappa shape index (κ3) is 4.23. The molecule has 6 rings (SSSR count). The Labute approximate surface area is 211 Å². The molecule has 2 saturated heterocycles. The van der Waals surface area contributed by atoms with Crippen LogP contribution in [0, 0.1) is 5.82 Å². The zero-order valence-corrected chi connectivity index (χ0v) is 21.0. The first-order valence-corrected chi connectivity index (χ1v) is 13.1. The number of benzene rings is 2. The molecular formula is C26H28BrFN4O3. The number of imidazole rings is 1. The van der Waals surface area contributed by atoms with Crippen molar-refractivity contribution in [2.24, 2.45) is 0 Å². The molecule has 0 unspecified atom stereocenters. The van der Waals surface area contributed by atoms with Crippen molar-refractivity contribution in [1.82, 2.24) is 9.55 Å². The van der Waals surface area contributed by atoms with Crippen LogP contribution in [0.3, 0.4) is 0 Å². The maximum Gasteiger partial charge on any atom is 0.262 e. The van der Waals surface area contributed by atoms with Gasteiger partial charge in [0.05, 0.1) is 29.8 Å². The largest absolute Gasteiger partial charge is 0.371 e. The summed E-state index contributed by atoms with van der Waals surface area (Å²) < 4.78 is 28.8. The monoisotopic (exact) mass is 542 g/mol. The molecule has 1 aromatic heterocycles. The smallest absolute Gasteiger partial charge is 0.262 e. The van der Waals surface area contributed by atoms with Crippen LogP contribution in [0.4, 0.5) is 16.0 Å². The van der Waals surface area contributed by atoms with Gasteiger partial charge in [0.15, 0.2) is 5.79 Å². The molecule has 1 amide bonds. The summed E-state index contributed by atoms with van der Waals surface area (Å²) in [5.41, 5.74) is 2.92. The van der Waals surface area contributed by atoms with E-state index in [1.165, 1.54) is 6.07 Å². The van der Waals surface area contributed by atoms with Gasteiger partial charge in [-0.2, -0.15) is 0 Å². The van der Waals surface area contributed by atoms with E-state index >= 15 is 0 Å². The summed E-state index contributed by atoms with van der Waals surface area (Å²) >= 11 is 3.30.